The molecule has 10 nitrogen and oxygen atoms in total. The maximum Gasteiger partial charge on any atom is 0.157 e. The predicted molar refractivity (Wildman–Crippen MR) is 139 cm³/mol. The minimum atomic E-state index is -0.483. The Bertz CT molecular complexity index is 1140. The zero-order valence-electron chi connectivity index (χ0n) is 20.6. The molecule has 0 aromatic carbocycles. The number of H-pyrrole nitrogens is 1. The van der Waals surface area contributed by atoms with Gasteiger partial charge < -0.3 is 26.0 Å². The van der Waals surface area contributed by atoms with Crippen LogP contribution in [0.5, 0.6) is 0 Å². The molecular formula is C25H37N9O. The number of aliphatic hydroxyl groups excluding tert-OH is 1. The molecule has 4 rings (SSSR count). The molecular weight excluding hydrogens is 442 g/mol. The molecule has 0 amide bonds. The summed E-state index contributed by atoms with van der Waals surface area (Å²) in [6.45, 7) is 11.8. The summed E-state index contributed by atoms with van der Waals surface area (Å²) < 4.78 is 2.04. The number of rotatable bonds is 12. The highest BCUT2D eigenvalue weighted by molar-refractivity contribution is 5.99. The number of hydrogen-bond donors (Lipinski definition) is 5. The topological polar surface area (TPSA) is 143 Å². The first kappa shape index (κ1) is 25.0. The lowest BCUT2D eigenvalue weighted by atomic mass is 9.97. The number of nitrogens with one attached hydrogen (secondary N) is 3. The molecule has 0 spiro atoms. The van der Waals surface area contributed by atoms with Gasteiger partial charge in [-0.1, -0.05) is 31.2 Å². The highest BCUT2D eigenvalue weighted by atomic mass is 16.3. The number of hydrogen-bond acceptors (Lipinski definition) is 8. The average Bonchev–Trinajstić information content (AvgIpc) is 3.58. The average molecular weight is 480 g/mol. The second-order valence-corrected chi connectivity index (χ2v) is 9.28. The molecule has 1 aliphatic rings. The van der Waals surface area contributed by atoms with Gasteiger partial charge in [0.2, 0.25) is 0 Å². The summed E-state index contributed by atoms with van der Waals surface area (Å²) in [5.74, 6) is 1.51. The zero-order chi connectivity index (χ0) is 24.8. The Morgan fingerprint density at radius 1 is 1.26 bits per heavy atom. The minimum Gasteiger partial charge on any atom is -0.391 e. The van der Waals surface area contributed by atoms with Gasteiger partial charge in [-0.2, -0.15) is 5.10 Å². The van der Waals surface area contributed by atoms with Gasteiger partial charge in [0.1, 0.15) is 24.1 Å². The number of nitrogens with two attached hydrogens (primary N) is 1. The Morgan fingerprint density at radius 2 is 2.09 bits per heavy atom. The third-order valence-corrected chi connectivity index (χ3v) is 7.22. The van der Waals surface area contributed by atoms with Crippen LogP contribution in [-0.4, -0.2) is 67.1 Å². The molecule has 1 aliphatic carbocycles. The van der Waals surface area contributed by atoms with Crippen molar-refractivity contribution >= 4 is 16.9 Å². The monoisotopic (exact) mass is 479 g/mol. The van der Waals surface area contributed by atoms with Crippen molar-refractivity contribution in [2.45, 2.75) is 45.3 Å². The predicted octanol–water partition coefficient (Wildman–Crippen LogP) is 2.45. The summed E-state index contributed by atoms with van der Waals surface area (Å²) in [6, 6.07) is -0.0994. The van der Waals surface area contributed by atoms with Crippen molar-refractivity contribution in [3.05, 3.63) is 43.2 Å². The molecule has 0 saturated heterocycles. The molecule has 10 heteroatoms. The normalized spacial score (nSPS) is 22.8. The Balaban J connectivity index is 1.34. The number of nitrogens with zero attached hydrogens (tertiary/aromatic N) is 5. The van der Waals surface area contributed by atoms with Gasteiger partial charge in [-0.25, -0.2) is 15.0 Å². The van der Waals surface area contributed by atoms with Crippen LogP contribution in [0, 0.1) is 11.8 Å². The number of aromatic amines is 1. The molecule has 0 bridgehead atoms. The minimum absolute atomic E-state index is 0.0994. The van der Waals surface area contributed by atoms with Crippen LogP contribution in [0.15, 0.2) is 43.2 Å². The maximum atomic E-state index is 11.2. The van der Waals surface area contributed by atoms with E-state index in [1.54, 1.807) is 0 Å². The SMILES string of the molecule is C=C/C(=C\C)CCNCCCNC[C@H]1C[C@@H](n2cc(-c3ncn[nH]3)c3c(N)ncnc32)[C@H](O)[C@@H]1C. The van der Waals surface area contributed by atoms with Crippen LogP contribution in [0.4, 0.5) is 5.82 Å². The highest BCUT2D eigenvalue weighted by Crippen LogP contribution is 2.42. The lowest BCUT2D eigenvalue weighted by Gasteiger charge is -2.20. The fourth-order valence-corrected chi connectivity index (χ4v) is 5.06. The molecule has 3 aromatic rings. The number of aromatic nitrogens is 6. The van der Waals surface area contributed by atoms with Crippen LogP contribution >= 0.6 is 0 Å². The second kappa shape index (κ2) is 11.6. The van der Waals surface area contributed by atoms with Crippen LogP contribution in [0.3, 0.4) is 0 Å². The molecule has 1 saturated carbocycles. The van der Waals surface area contributed by atoms with E-state index in [2.05, 4.69) is 55.4 Å². The maximum absolute atomic E-state index is 11.2. The van der Waals surface area contributed by atoms with Crippen molar-refractivity contribution < 1.29 is 5.11 Å². The first-order chi connectivity index (χ1) is 17.0. The van der Waals surface area contributed by atoms with E-state index >= 15 is 0 Å². The van der Waals surface area contributed by atoms with Gasteiger partial charge in [-0.3, -0.25) is 5.10 Å². The van der Waals surface area contributed by atoms with Gasteiger partial charge in [0.05, 0.1) is 17.5 Å². The van der Waals surface area contributed by atoms with E-state index in [-0.39, 0.29) is 12.0 Å². The summed E-state index contributed by atoms with van der Waals surface area (Å²) in [5, 5.41) is 25.8. The Kier molecular flexibility index (Phi) is 8.27. The summed E-state index contributed by atoms with van der Waals surface area (Å²) in [5.41, 5.74) is 8.98. The van der Waals surface area contributed by atoms with Crippen molar-refractivity contribution in [1.82, 2.24) is 40.3 Å². The van der Waals surface area contributed by atoms with Crippen LogP contribution < -0.4 is 16.4 Å². The van der Waals surface area contributed by atoms with Gasteiger partial charge in [-0.15, -0.1) is 0 Å². The number of nitrogen functional groups attached to an aromatic ring is 1. The molecule has 6 N–H and O–H groups in total. The molecule has 3 aromatic heterocycles. The molecule has 0 aliphatic heterocycles. The Morgan fingerprint density at radius 3 is 2.83 bits per heavy atom. The van der Waals surface area contributed by atoms with Gasteiger partial charge in [0.25, 0.3) is 0 Å². The molecule has 1 fully saturated rings. The molecule has 0 unspecified atom stereocenters. The third kappa shape index (κ3) is 5.44. The first-order valence-electron chi connectivity index (χ1n) is 12.4. The third-order valence-electron chi connectivity index (χ3n) is 7.22. The summed E-state index contributed by atoms with van der Waals surface area (Å²) >= 11 is 0. The van der Waals surface area contributed by atoms with Gasteiger partial charge in [-0.05, 0) is 64.2 Å². The first-order valence-corrected chi connectivity index (χ1v) is 12.4. The van der Waals surface area contributed by atoms with Crippen molar-refractivity contribution in [1.29, 1.82) is 0 Å². The van der Waals surface area contributed by atoms with Gasteiger partial charge in [0.15, 0.2) is 5.82 Å². The zero-order valence-corrected chi connectivity index (χ0v) is 20.6. The van der Waals surface area contributed by atoms with Crippen LogP contribution in [0.2, 0.25) is 0 Å². The standard InChI is InChI=1S/C25H37N9O/c1-4-17(5-2)7-10-27-8-6-9-28-12-18-11-20(22(35)16(18)3)34-13-19(24-30-15-32-33-24)21-23(26)29-14-31-25(21)34/h4-5,13-16,18,20,22,27-28,35H,1,6-12H2,2-3H3,(H2,26,29,31)(H,30,32,33)/b17-5+/t16-,18-,20-,22-/m1/s1. The van der Waals surface area contributed by atoms with E-state index in [1.165, 1.54) is 18.2 Å². The summed E-state index contributed by atoms with van der Waals surface area (Å²) in [4.78, 5) is 13.0. The van der Waals surface area contributed by atoms with Gasteiger partial charge >= 0.3 is 0 Å². The Hall–Kier alpha value is -3.08. The van der Waals surface area contributed by atoms with E-state index in [9.17, 15) is 5.11 Å². The fraction of sp³-hybridized carbons (Fsp3) is 0.520. The number of anilines is 1. The summed E-state index contributed by atoms with van der Waals surface area (Å²) in [7, 11) is 0. The fourth-order valence-electron chi connectivity index (χ4n) is 5.06. The smallest absolute Gasteiger partial charge is 0.157 e. The van der Waals surface area contributed by atoms with E-state index in [1.807, 2.05) is 23.8 Å². The molecule has 0 radical (unpaired) electrons. The molecule has 4 atom stereocenters. The van der Waals surface area contributed by atoms with Crippen molar-refractivity contribution in [3.8, 4) is 11.4 Å². The Labute approximate surface area is 206 Å². The largest absolute Gasteiger partial charge is 0.391 e. The van der Waals surface area contributed by atoms with Crippen LogP contribution in [0.1, 0.15) is 39.2 Å². The van der Waals surface area contributed by atoms with Crippen LogP contribution in [0.25, 0.3) is 22.4 Å². The molecule has 188 valence electrons. The lowest BCUT2D eigenvalue weighted by Crippen LogP contribution is -2.29. The van der Waals surface area contributed by atoms with E-state index in [0.29, 0.717) is 23.2 Å². The van der Waals surface area contributed by atoms with E-state index in [0.717, 1.165) is 56.4 Å². The van der Waals surface area contributed by atoms with Crippen molar-refractivity contribution in [2.75, 3.05) is 31.9 Å². The summed E-state index contributed by atoms with van der Waals surface area (Å²) in [6.07, 6.45) is 11.4. The quantitative estimate of drug-likeness (QED) is 0.197. The van der Waals surface area contributed by atoms with E-state index in [4.69, 9.17) is 5.73 Å². The van der Waals surface area contributed by atoms with Crippen LogP contribution in [-0.2, 0) is 0 Å². The second-order valence-electron chi connectivity index (χ2n) is 9.28. The number of allylic oxidation sites excluding steroid dienone is 2. The van der Waals surface area contributed by atoms with Crippen molar-refractivity contribution in [2.24, 2.45) is 11.8 Å². The number of aliphatic hydroxyl groups is 1. The highest BCUT2D eigenvalue weighted by Gasteiger charge is 2.41. The molecule has 35 heavy (non-hydrogen) atoms. The molecule has 3 heterocycles. The van der Waals surface area contributed by atoms with Gasteiger partial charge in [0, 0.05) is 11.8 Å². The number of fused-ring (bicyclic) bond motifs is 1. The lowest BCUT2D eigenvalue weighted by molar-refractivity contribution is 0.0956. The van der Waals surface area contributed by atoms with E-state index < -0.39 is 6.10 Å². The van der Waals surface area contributed by atoms with Crippen molar-refractivity contribution in [3.63, 3.8) is 0 Å².